The molecule has 0 N–H and O–H groups in total. The van der Waals surface area contributed by atoms with Crippen LogP contribution in [-0.4, -0.2) is 44.8 Å². The molecule has 0 saturated heterocycles. The number of carbonyl (C=O) groups is 6. The van der Waals surface area contributed by atoms with E-state index in [1.54, 1.807) is 24.3 Å². The van der Waals surface area contributed by atoms with Gasteiger partial charge in [-0.15, -0.1) is 0 Å². The number of benzene rings is 4. The first-order chi connectivity index (χ1) is 27.5. The van der Waals surface area contributed by atoms with Gasteiger partial charge in [-0.1, -0.05) is 166 Å². The van der Waals surface area contributed by atoms with E-state index in [1.165, 1.54) is 72.8 Å². The number of ketones is 4. The van der Waals surface area contributed by atoms with E-state index in [2.05, 4.69) is 0 Å². The number of hydrogen-bond donors (Lipinski definition) is 0. The summed E-state index contributed by atoms with van der Waals surface area (Å²) in [6.45, 7) is 0. The van der Waals surface area contributed by atoms with Gasteiger partial charge in [0.1, 0.15) is 11.8 Å². The molecule has 4 atom stereocenters. The number of hydrogen-bond acceptors (Lipinski definition) is 8. The molecular formula is C42H22Cl8O8. The third-order valence-electron chi connectivity index (χ3n) is 9.11. The highest BCUT2D eigenvalue weighted by molar-refractivity contribution is 6.53. The first kappa shape index (κ1) is 43.4. The number of Topliss-reactive ketones (excluding diaryl/α,β-unsaturated/α-hetero) is 4. The molecule has 16 heteroatoms. The fraction of sp³-hybridized carbons (Fsp3) is 0.0952. The van der Waals surface area contributed by atoms with E-state index in [4.69, 9.17) is 103 Å². The Morgan fingerprint density at radius 3 is 1.00 bits per heavy atom. The molecule has 0 bridgehead atoms. The number of alkyl halides is 2. The normalized spacial score (nSPS) is 21.4. The van der Waals surface area contributed by atoms with Gasteiger partial charge >= 0.3 is 11.9 Å². The van der Waals surface area contributed by atoms with Crippen molar-refractivity contribution in [3.63, 3.8) is 0 Å². The predicted octanol–water partition coefficient (Wildman–Crippen LogP) is 11.4. The fourth-order valence-electron chi connectivity index (χ4n) is 6.14. The highest BCUT2D eigenvalue weighted by atomic mass is 35.5. The fourth-order valence-corrected chi connectivity index (χ4v) is 8.28. The van der Waals surface area contributed by atoms with Crippen LogP contribution in [0.4, 0.5) is 0 Å². The summed E-state index contributed by atoms with van der Waals surface area (Å²) < 4.78 is 0. The molecule has 0 aliphatic heterocycles. The zero-order chi connectivity index (χ0) is 42.1. The zero-order valence-corrected chi connectivity index (χ0v) is 35.0. The Hall–Kier alpha value is -4.22. The molecule has 8 nitrogen and oxygen atoms in total. The lowest BCUT2D eigenvalue weighted by atomic mass is 9.80. The molecule has 58 heavy (non-hydrogen) atoms. The molecule has 6 rings (SSSR count). The standard InChI is InChI=1S/C42H22Cl8O8/c43-27-13-5-1-9-21(27)33(51)31-25(17-19-41(49,35(31)47)37(53)23-11-3-7-15-29(23)45)39(55)57-58-40(56)26-18-20-42(50,38(54)24-12-4-8-16-30(24)46)36(48)32(26)34(52)22-10-2-6-14-28(22)44/h1-20,25-26H. The lowest BCUT2D eigenvalue weighted by molar-refractivity contribution is -0.261. The largest absolute Gasteiger partial charge is 0.366 e. The van der Waals surface area contributed by atoms with Gasteiger partial charge in [-0.25, -0.2) is 19.4 Å². The average molecular weight is 938 g/mol. The minimum Gasteiger partial charge on any atom is -0.291 e. The third kappa shape index (κ3) is 8.05. The van der Waals surface area contributed by atoms with Crippen LogP contribution in [0.1, 0.15) is 41.4 Å². The number of rotatable bonds is 10. The lowest BCUT2D eigenvalue weighted by Crippen LogP contribution is -2.39. The Morgan fingerprint density at radius 1 is 0.431 bits per heavy atom. The molecule has 0 spiro atoms. The van der Waals surface area contributed by atoms with Crippen LogP contribution < -0.4 is 0 Å². The molecule has 4 aromatic rings. The first-order valence-electron chi connectivity index (χ1n) is 16.7. The van der Waals surface area contributed by atoms with Crippen LogP contribution in [0.5, 0.6) is 0 Å². The highest BCUT2D eigenvalue weighted by Gasteiger charge is 2.49. The van der Waals surface area contributed by atoms with Gasteiger partial charge in [0.25, 0.3) is 0 Å². The molecule has 2 aliphatic carbocycles. The van der Waals surface area contributed by atoms with E-state index >= 15 is 0 Å². The van der Waals surface area contributed by atoms with E-state index in [0.717, 1.165) is 24.3 Å². The van der Waals surface area contributed by atoms with Gasteiger partial charge in [0.15, 0.2) is 32.9 Å². The Morgan fingerprint density at radius 2 is 0.707 bits per heavy atom. The molecule has 0 amide bonds. The maximum atomic E-state index is 14.1. The van der Waals surface area contributed by atoms with Gasteiger partial charge in [-0.05, 0) is 48.5 Å². The summed E-state index contributed by atoms with van der Waals surface area (Å²) in [6.07, 6.45) is 4.28. The van der Waals surface area contributed by atoms with Crippen molar-refractivity contribution in [3.05, 3.63) is 185 Å². The Balaban J connectivity index is 1.34. The minimum atomic E-state index is -2.23. The molecule has 4 unspecified atom stereocenters. The third-order valence-corrected chi connectivity index (χ3v) is 12.6. The maximum absolute atomic E-state index is 14.1. The monoisotopic (exact) mass is 934 g/mol. The van der Waals surface area contributed by atoms with Crippen LogP contribution in [0.3, 0.4) is 0 Å². The van der Waals surface area contributed by atoms with Crippen molar-refractivity contribution in [2.75, 3.05) is 0 Å². The summed E-state index contributed by atoms with van der Waals surface area (Å²) in [7, 11) is 0. The van der Waals surface area contributed by atoms with E-state index in [9.17, 15) is 28.8 Å². The van der Waals surface area contributed by atoms with E-state index in [0.29, 0.717) is 0 Å². The minimum absolute atomic E-state index is 0.0259. The lowest BCUT2D eigenvalue weighted by Gasteiger charge is -2.31. The molecule has 4 aromatic carbocycles. The predicted molar refractivity (Wildman–Crippen MR) is 223 cm³/mol. The quantitative estimate of drug-likeness (QED) is 0.0507. The first-order valence-corrected chi connectivity index (χ1v) is 19.7. The van der Waals surface area contributed by atoms with Crippen molar-refractivity contribution >= 4 is 128 Å². The summed E-state index contributed by atoms with van der Waals surface area (Å²) >= 11 is 52.5. The molecular weight excluding hydrogens is 916 g/mol. The molecule has 0 fully saturated rings. The topological polar surface area (TPSA) is 121 Å². The summed E-state index contributed by atoms with van der Waals surface area (Å²) in [5, 5.41) is -1.14. The van der Waals surface area contributed by atoms with E-state index < -0.39 is 77.9 Å². The second-order valence-corrected chi connectivity index (χ2v) is 16.2. The van der Waals surface area contributed by atoms with Crippen molar-refractivity contribution in [3.8, 4) is 0 Å². The molecule has 294 valence electrons. The highest BCUT2D eigenvalue weighted by Crippen LogP contribution is 2.46. The van der Waals surface area contributed by atoms with Crippen LogP contribution in [0.2, 0.25) is 20.1 Å². The Labute approximate surface area is 370 Å². The second-order valence-electron chi connectivity index (χ2n) is 12.6. The van der Waals surface area contributed by atoms with E-state index in [1.807, 2.05) is 0 Å². The average Bonchev–Trinajstić information content (AvgIpc) is 3.21. The summed E-state index contributed by atoms with van der Waals surface area (Å²) in [4.78, 5) is 88.9. The molecule has 0 saturated carbocycles. The van der Waals surface area contributed by atoms with Crippen LogP contribution in [0, 0.1) is 11.8 Å². The van der Waals surface area contributed by atoms with Crippen LogP contribution in [-0.2, 0) is 19.4 Å². The zero-order valence-electron chi connectivity index (χ0n) is 29.0. The SMILES string of the molecule is O=C(C1=C(Cl)C(Cl)(C(=O)c2ccccc2Cl)C=CC1C(=O)OOC(=O)C1C=CC(Cl)(C(=O)c2ccccc2Cl)C(Cl)=C1C(=O)c1ccccc1Cl)c1ccccc1Cl. The summed E-state index contributed by atoms with van der Waals surface area (Å²) in [6, 6.07) is 23.6. The van der Waals surface area contributed by atoms with Gasteiger partial charge < -0.3 is 0 Å². The number of halogens is 8. The van der Waals surface area contributed by atoms with Crippen molar-refractivity contribution in [1.82, 2.24) is 0 Å². The second kappa shape index (κ2) is 17.6. The van der Waals surface area contributed by atoms with Gasteiger partial charge in [-0.3, -0.25) is 19.2 Å². The molecule has 0 heterocycles. The Kier molecular flexibility index (Phi) is 13.1. The van der Waals surface area contributed by atoms with Crippen LogP contribution in [0.25, 0.3) is 0 Å². The van der Waals surface area contributed by atoms with E-state index in [-0.39, 0.29) is 42.3 Å². The van der Waals surface area contributed by atoms with Crippen LogP contribution in [0.15, 0.2) is 143 Å². The van der Waals surface area contributed by atoms with Crippen molar-refractivity contribution in [2.45, 2.75) is 9.75 Å². The smallest absolute Gasteiger partial charge is 0.291 e. The summed E-state index contributed by atoms with van der Waals surface area (Å²) in [5.41, 5.74) is -1.37. The van der Waals surface area contributed by atoms with Crippen molar-refractivity contribution < 1.29 is 38.5 Å². The van der Waals surface area contributed by atoms with Gasteiger partial charge in [0, 0.05) is 33.4 Å². The number of allylic oxidation sites excluding steroid dienone is 4. The maximum Gasteiger partial charge on any atom is 0.366 e. The van der Waals surface area contributed by atoms with Gasteiger partial charge in [-0.2, -0.15) is 0 Å². The molecule has 2 aliphatic rings. The van der Waals surface area contributed by atoms with Gasteiger partial charge in [0.2, 0.25) is 0 Å². The van der Waals surface area contributed by atoms with Gasteiger partial charge in [0.05, 0.1) is 30.2 Å². The van der Waals surface area contributed by atoms with Crippen molar-refractivity contribution in [2.24, 2.45) is 11.8 Å². The number of carbonyl (C=O) groups excluding carboxylic acids is 6. The Bertz CT molecular complexity index is 2390. The van der Waals surface area contributed by atoms with Crippen molar-refractivity contribution in [1.29, 1.82) is 0 Å². The molecule has 0 radical (unpaired) electrons. The van der Waals surface area contributed by atoms with Crippen LogP contribution >= 0.6 is 92.8 Å². The summed E-state index contributed by atoms with van der Waals surface area (Å²) in [5.74, 6) is -9.69. The molecule has 0 aromatic heterocycles.